The first-order valence-electron chi connectivity index (χ1n) is 5.69. The summed E-state index contributed by atoms with van der Waals surface area (Å²) >= 11 is 0. The monoisotopic (exact) mass is 282 g/mol. The van der Waals surface area contributed by atoms with Crippen LogP contribution in [0.25, 0.3) is 0 Å². The number of sulfonamides is 1. The maximum atomic E-state index is 11.8. The van der Waals surface area contributed by atoms with E-state index in [9.17, 15) is 13.2 Å². The summed E-state index contributed by atoms with van der Waals surface area (Å²) in [6, 6.07) is 4.79. The molecule has 102 valence electrons. The van der Waals surface area contributed by atoms with Crippen molar-refractivity contribution in [2.24, 2.45) is 5.16 Å². The van der Waals surface area contributed by atoms with Gasteiger partial charge in [0.25, 0.3) is 0 Å². The minimum absolute atomic E-state index is 0.00302. The third-order valence-electron chi connectivity index (χ3n) is 3.21. The average molecular weight is 282 g/mol. The van der Waals surface area contributed by atoms with Gasteiger partial charge in [-0.1, -0.05) is 5.16 Å². The Morgan fingerprint density at radius 1 is 1.42 bits per heavy atom. The number of rotatable bonds is 2. The number of ketones is 1. The van der Waals surface area contributed by atoms with Gasteiger partial charge in [-0.3, -0.25) is 9.10 Å². The Labute approximate surface area is 111 Å². The highest BCUT2D eigenvalue weighted by Gasteiger charge is 2.27. The number of oxime groups is 1. The van der Waals surface area contributed by atoms with Crippen LogP contribution in [0.4, 0.5) is 5.69 Å². The summed E-state index contributed by atoms with van der Waals surface area (Å²) in [5.41, 5.74) is 1.77. The lowest BCUT2D eigenvalue weighted by molar-refractivity contribution is 0.106. The second-order valence-electron chi connectivity index (χ2n) is 4.39. The van der Waals surface area contributed by atoms with Crippen LogP contribution in [0.15, 0.2) is 23.4 Å². The summed E-state index contributed by atoms with van der Waals surface area (Å²) in [6.07, 6.45) is 0.373. The topological polar surface area (TPSA) is 87.0 Å². The number of carbonyl (C=O) groups excluding carboxylic acids is 1. The average Bonchev–Trinajstić information content (AvgIpc) is 2.41. The largest absolute Gasteiger partial charge is 0.411 e. The van der Waals surface area contributed by atoms with Gasteiger partial charge in [0, 0.05) is 12.6 Å². The number of hydrogen-bond donors (Lipinski definition) is 1. The van der Waals surface area contributed by atoms with Crippen molar-refractivity contribution >= 4 is 27.2 Å². The second-order valence-corrected chi connectivity index (χ2v) is 6.51. The van der Waals surface area contributed by atoms with Crippen molar-refractivity contribution in [3.05, 3.63) is 29.3 Å². The van der Waals surface area contributed by atoms with Crippen LogP contribution < -0.4 is 4.31 Å². The Morgan fingerprint density at radius 3 is 2.74 bits per heavy atom. The van der Waals surface area contributed by atoms with Crippen LogP contribution in [-0.4, -0.2) is 37.9 Å². The molecule has 0 bridgehead atoms. The van der Waals surface area contributed by atoms with Crippen LogP contribution in [0.3, 0.4) is 0 Å². The molecule has 7 heteroatoms. The molecular weight excluding hydrogens is 268 g/mol. The summed E-state index contributed by atoms with van der Waals surface area (Å²) in [5.74, 6) is -0.345. The van der Waals surface area contributed by atoms with E-state index in [0.29, 0.717) is 17.7 Å². The summed E-state index contributed by atoms with van der Waals surface area (Å²) in [6.45, 7) is 1.42. The molecular formula is C12H14N2O4S. The molecule has 0 unspecified atom stereocenters. The van der Waals surface area contributed by atoms with Crippen LogP contribution in [0, 0.1) is 0 Å². The number of nitrogens with zero attached hydrogens (tertiary/aromatic N) is 2. The molecule has 0 saturated carbocycles. The Bertz CT molecular complexity index is 664. The SMILES string of the molecule is CC(=NO)C(=O)c1ccc2c(c1)CCS(=O)(=O)N2C. The molecule has 0 spiro atoms. The highest BCUT2D eigenvalue weighted by molar-refractivity contribution is 7.92. The molecule has 0 aliphatic carbocycles. The number of carbonyl (C=O) groups is 1. The van der Waals surface area contributed by atoms with E-state index in [4.69, 9.17) is 5.21 Å². The molecule has 1 aliphatic heterocycles. The van der Waals surface area contributed by atoms with Crippen molar-refractivity contribution in [2.45, 2.75) is 13.3 Å². The lowest BCUT2D eigenvalue weighted by atomic mass is 10.0. The van der Waals surface area contributed by atoms with Gasteiger partial charge >= 0.3 is 0 Å². The highest BCUT2D eigenvalue weighted by atomic mass is 32.2. The molecule has 1 aromatic rings. The number of fused-ring (bicyclic) bond motifs is 1. The summed E-state index contributed by atoms with van der Waals surface area (Å²) in [5, 5.41) is 11.5. The molecule has 6 nitrogen and oxygen atoms in total. The van der Waals surface area contributed by atoms with E-state index >= 15 is 0 Å². The van der Waals surface area contributed by atoms with Crippen molar-refractivity contribution < 1.29 is 18.4 Å². The third-order valence-corrected chi connectivity index (χ3v) is 4.96. The molecule has 0 saturated heterocycles. The maximum absolute atomic E-state index is 11.8. The van der Waals surface area contributed by atoms with Gasteiger partial charge in [-0.15, -0.1) is 0 Å². The lowest BCUT2D eigenvalue weighted by Gasteiger charge is -2.27. The molecule has 0 aromatic heterocycles. The van der Waals surface area contributed by atoms with Crippen LogP contribution in [0.2, 0.25) is 0 Å². The number of anilines is 1. The zero-order valence-corrected chi connectivity index (χ0v) is 11.4. The van der Waals surface area contributed by atoms with Crippen LogP contribution in [0.5, 0.6) is 0 Å². The van der Waals surface area contributed by atoms with E-state index in [0.717, 1.165) is 5.56 Å². The smallest absolute Gasteiger partial charge is 0.235 e. The molecule has 1 heterocycles. The first-order valence-corrected chi connectivity index (χ1v) is 7.30. The van der Waals surface area contributed by atoms with E-state index < -0.39 is 10.0 Å². The fourth-order valence-electron chi connectivity index (χ4n) is 2.01. The lowest BCUT2D eigenvalue weighted by Crippen LogP contribution is -2.34. The summed E-state index contributed by atoms with van der Waals surface area (Å²) in [7, 11) is -1.75. The van der Waals surface area contributed by atoms with Gasteiger partial charge in [0.2, 0.25) is 15.8 Å². The third kappa shape index (κ3) is 2.33. The fraction of sp³-hybridized carbons (Fsp3) is 0.333. The fourth-order valence-corrected chi connectivity index (χ4v) is 3.24. The van der Waals surface area contributed by atoms with E-state index in [1.54, 1.807) is 12.1 Å². The summed E-state index contributed by atoms with van der Waals surface area (Å²) < 4.78 is 24.7. The standard InChI is InChI=1S/C12H14N2O4S/c1-8(13-16)12(15)10-3-4-11-9(7-10)5-6-19(17,18)14(11)2/h3-4,7,16H,5-6H2,1-2H3. The van der Waals surface area contributed by atoms with Gasteiger partial charge in [0.15, 0.2) is 0 Å². The number of benzene rings is 1. The zero-order chi connectivity index (χ0) is 14.2. The van der Waals surface area contributed by atoms with Gasteiger partial charge in [-0.25, -0.2) is 8.42 Å². The molecule has 1 aromatic carbocycles. The molecule has 1 N–H and O–H groups in total. The van der Waals surface area contributed by atoms with E-state index in [2.05, 4.69) is 5.16 Å². The normalized spacial score (nSPS) is 18.0. The zero-order valence-electron chi connectivity index (χ0n) is 10.6. The molecule has 1 aliphatic rings. The maximum Gasteiger partial charge on any atom is 0.235 e. The van der Waals surface area contributed by atoms with E-state index in [-0.39, 0.29) is 17.2 Å². The Morgan fingerprint density at radius 2 is 2.11 bits per heavy atom. The molecule has 0 fully saturated rings. The molecule has 2 rings (SSSR count). The minimum atomic E-state index is -3.24. The van der Waals surface area contributed by atoms with E-state index in [1.807, 2.05) is 0 Å². The van der Waals surface area contributed by atoms with Gasteiger partial charge < -0.3 is 5.21 Å². The second kappa shape index (κ2) is 4.65. The molecule has 0 atom stereocenters. The van der Waals surface area contributed by atoms with Gasteiger partial charge in [-0.05, 0) is 37.1 Å². The van der Waals surface area contributed by atoms with Crippen LogP contribution in [-0.2, 0) is 16.4 Å². The first-order chi connectivity index (χ1) is 8.86. The number of aryl methyl sites for hydroxylation is 1. The predicted molar refractivity (Wildman–Crippen MR) is 71.6 cm³/mol. The molecule has 19 heavy (non-hydrogen) atoms. The van der Waals surface area contributed by atoms with Crippen molar-refractivity contribution in [3.63, 3.8) is 0 Å². The quantitative estimate of drug-likeness (QED) is 0.380. The van der Waals surface area contributed by atoms with Gasteiger partial charge in [0.05, 0.1) is 11.4 Å². The Kier molecular flexibility index (Phi) is 3.32. The van der Waals surface area contributed by atoms with Crippen LogP contribution in [0.1, 0.15) is 22.8 Å². The number of hydrogen-bond acceptors (Lipinski definition) is 5. The number of Topliss-reactive ketones (excluding diaryl/α,β-unsaturated/α-hetero) is 1. The summed E-state index contributed by atoms with van der Waals surface area (Å²) in [4.78, 5) is 11.8. The Hall–Kier alpha value is -1.89. The van der Waals surface area contributed by atoms with Crippen molar-refractivity contribution in [3.8, 4) is 0 Å². The van der Waals surface area contributed by atoms with Crippen molar-refractivity contribution in [1.82, 2.24) is 0 Å². The van der Waals surface area contributed by atoms with Crippen molar-refractivity contribution in [2.75, 3.05) is 17.1 Å². The highest BCUT2D eigenvalue weighted by Crippen LogP contribution is 2.29. The van der Waals surface area contributed by atoms with E-state index in [1.165, 1.54) is 24.3 Å². The van der Waals surface area contributed by atoms with Gasteiger partial charge in [0.1, 0.15) is 5.71 Å². The molecule has 0 amide bonds. The first kappa shape index (κ1) is 13.5. The molecule has 0 radical (unpaired) electrons. The van der Waals surface area contributed by atoms with Crippen molar-refractivity contribution in [1.29, 1.82) is 0 Å². The Balaban J connectivity index is 2.45. The minimum Gasteiger partial charge on any atom is -0.411 e. The van der Waals surface area contributed by atoms with Crippen LogP contribution >= 0.6 is 0 Å². The predicted octanol–water partition coefficient (Wildman–Crippen LogP) is 1.04. The van der Waals surface area contributed by atoms with Gasteiger partial charge in [-0.2, -0.15) is 0 Å².